The number of hydrogen-bond donors (Lipinski definition) is 1. The van der Waals surface area contributed by atoms with Crippen molar-refractivity contribution in [1.82, 2.24) is 15.1 Å². The highest BCUT2D eigenvalue weighted by Crippen LogP contribution is 2.36. The van der Waals surface area contributed by atoms with Crippen molar-refractivity contribution in [2.75, 3.05) is 26.2 Å². The quantitative estimate of drug-likeness (QED) is 0.835. The van der Waals surface area contributed by atoms with Gasteiger partial charge in [0.25, 0.3) is 0 Å². The Kier molecular flexibility index (Phi) is 4.32. The second-order valence-corrected chi connectivity index (χ2v) is 6.76. The number of likely N-dealkylation sites (tertiary alicyclic amines) is 1. The molecule has 3 rings (SSSR count). The van der Waals surface area contributed by atoms with Crippen molar-refractivity contribution in [1.29, 1.82) is 0 Å². The number of nitrogens with one attached hydrogen (secondary N) is 1. The van der Waals surface area contributed by atoms with Crippen LogP contribution in [0.15, 0.2) is 0 Å². The third-order valence-electron chi connectivity index (χ3n) is 5.41. The number of carbonyl (C=O) groups is 1. The van der Waals surface area contributed by atoms with E-state index in [1.165, 1.54) is 38.8 Å². The molecule has 1 unspecified atom stereocenters. The summed E-state index contributed by atoms with van der Waals surface area (Å²) in [6, 6.07) is 0. The van der Waals surface area contributed by atoms with Crippen molar-refractivity contribution in [3.05, 3.63) is 0 Å². The molecule has 20 heavy (non-hydrogen) atoms. The van der Waals surface area contributed by atoms with Gasteiger partial charge in [-0.3, -0.25) is 10.1 Å². The molecule has 1 amide bonds. The summed E-state index contributed by atoms with van der Waals surface area (Å²) in [5.41, 5.74) is -0.186. The fourth-order valence-corrected chi connectivity index (χ4v) is 4.26. The molecule has 4 heteroatoms. The molecule has 4 nitrogen and oxygen atoms in total. The number of hydrogen-bond acceptors (Lipinski definition) is 3. The molecular formula is C16H29N3O. The van der Waals surface area contributed by atoms with Gasteiger partial charge in [-0.1, -0.05) is 19.8 Å². The summed E-state index contributed by atoms with van der Waals surface area (Å²) in [7, 11) is 0. The van der Waals surface area contributed by atoms with Gasteiger partial charge in [0, 0.05) is 6.54 Å². The van der Waals surface area contributed by atoms with Crippen LogP contribution in [0.2, 0.25) is 0 Å². The molecular weight excluding hydrogens is 250 g/mol. The first kappa shape index (κ1) is 14.3. The molecule has 0 aromatic carbocycles. The normalized spacial score (nSPS) is 29.9. The number of carbonyl (C=O) groups excluding carboxylic acids is 1. The maximum Gasteiger partial charge on any atom is 0.244 e. The molecule has 0 aromatic rings. The molecule has 2 saturated heterocycles. The Bertz CT molecular complexity index is 346. The summed E-state index contributed by atoms with van der Waals surface area (Å²) in [6.07, 6.45) is 9.63. The maximum absolute atomic E-state index is 12.8. The van der Waals surface area contributed by atoms with Crippen LogP contribution >= 0.6 is 0 Å². The minimum absolute atomic E-state index is 0.186. The van der Waals surface area contributed by atoms with E-state index in [4.69, 9.17) is 0 Å². The van der Waals surface area contributed by atoms with Gasteiger partial charge >= 0.3 is 0 Å². The summed E-state index contributed by atoms with van der Waals surface area (Å²) < 4.78 is 0. The van der Waals surface area contributed by atoms with E-state index in [1.807, 2.05) is 0 Å². The van der Waals surface area contributed by atoms with Crippen molar-refractivity contribution in [2.45, 2.75) is 70.0 Å². The number of amides is 1. The highest BCUT2D eigenvalue weighted by molar-refractivity contribution is 5.89. The van der Waals surface area contributed by atoms with Crippen LogP contribution in [0.25, 0.3) is 0 Å². The van der Waals surface area contributed by atoms with Crippen LogP contribution < -0.4 is 5.32 Å². The van der Waals surface area contributed by atoms with Crippen molar-refractivity contribution < 1.29 is 4.79 Å². The molecule has 0 radical (unpaired) electrons. The SMILES string of the molecule is CCC1NC2(CCCC2)C(=O)N1CCCN1CCCC1. The lowest BCUT2D eigenvalue weighted by Gasteiger charge is -2.24. The van der Waals surface area contributed by atoms with Gasteiger partial charge in [0.1, 0.15) is 0 Å². The van der Waals surface area contributed by atoms with Gasteiger partial charge < -0.3 is 9.80 Å². The molecule has 2 heterocycles. The van der Waals surface area contributed by atoms with E-state index in [2.05, 4.69) is 22.0 Å². The van der Waals surface area contributed by atoms with Crippen LogP contribution in [-0.4, -0.2) is 53.6 Å². The van der Waals surface area contributed by atoms with Gasteiger partial charge in [0.05, 0.1) is 11.7 Å². The van der Waals surface area contributed by atoms with E-state index >= 15 is 0 Å². The Morgan fingerprint density at radius 3 is 2.50 bits per heavy atom. The van der Waals surface area contributed by atoms with Crippen LogP contribution in [0, 0.1) is 0 Å². The smallest absolute Gasteiger partial charge is 0.244 e. The number of rotatable bonds is 5. The van der Waals surface area contributed by atoms with Crippen LogP contribution in [0.3, 0.4) is 0 Å². The second kappa shape index (κ2) is 6.02. The van der Waals surface area contributed by atoms with Crippen molar-refractivity contribution >= 4 is 5.91 Å². The van der Waals surface area contributed by atoms with E-state index in [-0.39, 0.29) is 11.7 Å². The lowest BCUT2D eigenvalue weighted by atomic mass is 9.98. The molecule has 3 fully saturated rings. The minimum Gasteiger partial charge on any atom is -0.326 e. The minimum atomic E-state index is -0.186. The summed E-state index contributed by atoms with van der Waals surface area (Å²) in [4.78, 5) is 17.5. The largest absolute Gasteiger partial charge is 0.326 e. The van der Waals surface area contributed by atoms with Crippen molar-refractivity contribution in [3.63, 3.8) is 0 Å². The van der Waals surface area contributed by atoms with E-state index < -0.39 is 0 Å². The predicted molar refractivity (Wildman–Crippen MR) is 80.4 cm³/mol. The zero-order valence-corrected chi connectivity index (χ0v) is 12.9. The lowest BCUT2D eigenvalue weighted by Crippen LogP contribution is -2.44. The summed E-state index contributed by atoms with van der Waals surface area (Å²) in [6.45, 7) is 6.79. The third kappa shape index (κ3) is 2.60. The summed E-state index contributed by atoms with van der Waals surface area (Å²) in [5, 5.41) is 3.66. The lowest BCUT2D eigenvalue weighted by molar-refractivity contribution is -0.133. The average molecular weight is 279 g/mol. The first-order chi connectivity index (χ1) is 9.75. The molecule has 1 aliphatic carbocycles. The zero-order valence-electron chi connectivity index (χ0n) is 12.9. The fraction of sp³-hybridized carbons (Fsp3) is 0.938. The second-order valence-electron chi connectivity index (χ2n) is 6.76. The Morgan fingerprint density at radius 1 is 1.15 bits per heavy atom. The number of nitrogens with zero attached hydrogens (tertiary/aromatic N) is 2. The van der Waals surface area contributed by atoms with Crippen molar-refractivity contribution in [3.8, 4) is 0 Å². The van der Waals surface area contributed by atoms with E-state index in [0.717, 1.165) is 38.8 Å². The molecule has 1 N–H and O–H groups in total. The topological polar surface area (TPSA) is 35.6 Å². The summed E-state index contributed by atoms with van der Waals surface area (Å²) >= 11 is 0. The first-order valence-corrected chi connectivity index (χ1v) is 8.56. The van der Waals surface area contributed by atoms with Crippen LogP contribution in [0.5, 0.6) is 0 Å². The van der Waals surface area contributed by atoms with Crippen LogP contribution in [0.4, 0.5) is 0 Å². The standard InChI is InChI=1S/C16H29N3O/c1-2-14-17-16(8-3-4-9-16)15(20)19(14)13-7-12-18-10-5-6-11-18/h14,17H,2-13H2,1H3. The third-order valence-corrected chi connectivity index (χ3v) is 5.41. The fourth-order valence-electron chi connectivity index (χ4n) is 4.26. The molecule has 114 valence electrons. The van der Waals surface area contributed by atoms with Gasteiger partial charge in [-0.2, -0.15) is 0 Å². The van der Waals surface area contributed by atoms with Gasteiger partial charge in [0.2, 0.25) is 5.91 Å². The van der Waals surface area contributed by atoms with E-state index in [9.17, 15) is 4.79 Å². The Morgan fingerprint density at radius 2 is 1.85 bits per heavy atom. The average Bonchev–Trinajstić information content (AvgIpc) is 3.17. The molecule has 1 saturated carbocycles. The van der Waals surface area contributed by atoms with Gasteiger partial charge in [0.15, 0.2) is 0 Å². The van der Waals surface area contributed by atoms with E-state index in [1.54, 1.807) is 0 Å². The Labute approximate surface area is 122 Å². The highest BCUT2D eigenvalue weighted by Gasteiger charge is 2.51. The van der Waals surface area contributed by atoms with E-state index in [0.29, 0.717) is 5.91 Å². The van der Waals surface area contributed by atoms with Crippen LogP contribution in [0.1, 0.15) is 58.3 Å². The molecule has 3 aliphatic rings. The van der Waals surface area contributed by atoms with Crippen LogP contribution in [-0.2, 0) is 4.79 Å². The maximum atomic E-state index is 12.8. The zero-order chi connectivity index (χ0) is 14.0. The Hall–Kier alpha value is -0.610. The predicted octanol–water partition coefficient (Wildman–Crippen LogP) is 1.95. The van der Waals surface area contributed by atoms with Gasteiger partial charge in [-0.15, -0.1) is 0 Å². The first-order valence-electron chi connectivity index (χ1n) is 8.56. The molecule has 0 bridgehead atoms. The summed E-state index contributed by atoms with van der Waals surface area (Å²) in [5.74, 6) is 0.392. The Balaban J connectivity index is 1.55. The highest BCUT2D eigenvalue weighted by atomic mass is 16.2. The van der Waals surface area contributed by atoms with Crippen molar-refractivity contribution in [2.24, 2.45) is 0 Å². The van der Waals surface area contributed by atoms with Gasteiger partial charge in [-0.25, -0.2) is 0 Å². The molecule has 0 aromatic heterocycles. The molecule has 1 atom stereocenters. The monoisotopic (exact) mass is 279 g/mol. The molecule has 1 spiro atoms. The van der Waals surface area contributed by atoms with Gasteiger partial charge in [-0.05, 0) is 58.2 Å². The molecule has 2 aliphatic heterocycles.